The minimum absolute atomic E-state index is 0.0713. The third-order valence-corrected chi connectivity index (χ3v) is 5.12. The number of fused-ring (bicyclic) bond motifs is 1. The molecular weight excluding hydrogens is 383 g/mol. The molecule has 144 valence electrons. The molecule has 1 amide bonds. The zero-order valence-electron chi connectivity index (χ0n) is 15.1. The minimum Gasteiger partial charge on any atom is -0.375 e. The first-order chi connectivity index (χ1) is 13.6. The van der Waals surface area contributed by atoms with Gasteiger partial charge < -0.3 is 4.74 Å². The molecule has 4 rings (SSSR count). The molecule has 8 heteroatoms. The zero-order valence-corrected chi connectivity index (χ0v) is 15.9. The molecule has 1 aliphatic heterocycles. The van der Waals surface area contributed by atoms with Crippen molar-refractivity contribution < 1.29 is 13.9 Å². The molecule has 0 spiro atoms. The Morgan fingerprint density at radius 3 is 2.46 bits per heavy atom. The van der Waals surface area contributed by atoms with E-state index < -0.39 is 0 Å². The van der Waals surface area contributed by atoms with Crippen molar-refractivity contribution >= 4 is 23.5 Å². The quantitative estimate of drug-likeness (QED) is 0.668. The Bertz CT molecular complexity index is 975. The van der Waals surface area contributed by atoms with Crippen molar-refractivity contribution in [1.82, 2.24) is 14.8 Å². The second-order valence-corrected chi connectivity index (χ2v) is 7.01. The van der Waals surface area contributed by atoms with Crippen molar-refractivity contribution in [2.75, 3.05) is 18.6 Å². The van der Waals surface area contributed by atoms with E-state index in [1.54, 1.807) is 33.8 Å². The van der Waals surface area contributed by atoms with E-state index in [1.165, 1.54) is 25.6 Å². The van der Waals surface area contributed by atoms with E-state index in [1.807, 2.05) is 12.1 Å². The number of methoxy groups -OCH3 is 1. The molecule has 2 aromatic carbocycles. The van der Waals surface area contributed by atoms with Crippen LogP contribution >= 0.6 is 11.6 Å². The van der Waals surface area contributed by atoms with Gasteiger partial charge in [0.1, 0.15) is 18.8 Å². The molecule has 0 fully saturated rings. The summed E-state index contributed by atoms with van der Waals surface area (Å²) in [5.74, 6) is -0.0821. The fourth-order valence-electron chi connectivity index (χ4n) is 3.60. The number of anilines is 1. The summed E-state index contributed by atoms with van der Waals surface area (Å²) in [6, 6.07) is 13.2. The largest absolute Gasteiger partial charge is 0.375 e. The van der Waals surface area contributed by atoms with Crippen LogP contribution in [0.4, 0.5) is 10.3 Å². The maximum atomic E-state index is 13.4. The standard InChI is InChI=1S/C20H18ClFN4O2/c1-28-11-19(27)25-17(13-2-6-15(21)7-3-13)10-18(26-20(25)23-12-24-26)14-4-8-16(22)9-5-14/h2-9,12,17-18H,10-11H2,1H3. The molecule has 1 aromatic heterocycles. The number of amides is 1. The first-order valence-corrected chi connectivity index (χ1v) is 9.17. The molecule has 0 saturated heterocycles. The Morgan fingerprint density at radius 2 is 1.79 bits per heavy atom. The summed E-state index contributed by atoms with van der Waals surface area (Å²) in [6.45, 7) is -0.0713. The highest BCUT2D eigenvalue weighted by Crippen LogP contribution is 2.41. The monoisotopic (exact) mass is 400 g/mol. The van der Waals surface area contributed by atoms with Crippen LogP contribution in [0.5, 0.6) is 0 Å². The zero-order chi connectivity index (χ0) is 19.7. The van der Waals surface area contributed by atoms with Crippen LogP contribution in [-0.4, -0.2) is 34.4 Å². The molecule has 28 heavy (non-hydrogen) atoms. The van der Waals surface area contributed by atoms with Crippen molar-refractivity contribution in [3.63, 3.8) is 0 Å². The third-order valence-electron chi connectivity index (χ3n) is 4.87. The molecule has 2 heterocycles. The summed E-state index contributed by atoms with van der Waals surface area (Å²) in [7, 11) is 1.48. The Balaban J connectivity index is 1.81. The van der Waals surface area contributed by atoms with Crippen molar-refractivity contribution in [2.24, 2.45) is 0 Å². The van der Waals surface area contributed by atoms with Crippen LogP contribution in [-0.2, 0) is 9.53 Å². The maximum absolute atomic E-state index is 13.4. The average molecular weight is 401 g/mol. The summed E-state index contributed by atoms with van der Waals surface area (Å²) in [5.41, 5.74) is 1.82. The van der Waals surface area contributed by atoms with Gasteiger partial charge in [-0.25, -0.2) is 9.07 Å². The minimum atomic E-state index is -0.301. The van der Waals surface area contributed by atoms with E-state index in [2.05, 4.69) is 10.1 Å². The number of nitrogens with zero attached hydrogens (tertiary/aromatic N) is 4. The lowest BCUT2D eigenvalue weighted by Gasteiger charge is -2.39. The third kappa shape index (κ3) is 3.39. The number of rotatable bonds is 4. The first-order valence-electron chi connectivity index (χ1n) is 8.80. The van der Waals surface area contributed by atoms with Crippen LogP contribution < -0.4 is 4.90 Å². The molecule has 0 radical (unpaired) electrons. The number of benzene rings is 2. The Kier molecular flexibility index (Phi) is 5.11. The van der Waals surface area contributed by atoms with E-state index in [0.717, 1.165) is 11.1 Å². The van der Waals surface area contributed by atoms with E-state index in [-0.39, 0.29) is 30.4 Å². The highest BCUT2D eigenvalue weighted by atomic mass is 35.5. The molecule has 0 aliphatic carbocycles. The van der Waals surface area contributed by atoms with Crippen LogP contribution in [0.25, 0.3) is 0 Å². The topological polar surface area (TPSA) is 60.2 Å². The number of ether oxygens (including phenoxy) is 1. The highest BCUT2D eigenvalue weighted by Gasteiger charge is 2.39. The molecular formula is C20H18ClFN4O2. The molecule has 6 nitrogen and oxygen atoms in total. The molecule has 0 N–H and O–H groups in total. The van der Waals surface area contributed by atoms with Crippen LogP contribution in [0, 0.1) is 5.82 Å². The van der Waals surface area contributed by atoms with Crippen molar-refractivity contribution in [3.05, 3.63) is 76.8 Å². The summed E-state index contributed by atoms with van der Waals surface area (Å²) < 4.78 is 20.2. The number of hydrogen-bond donors (Lipinski definition) is 0. The molecule has 2 unspecified atom stereocenters. The van der Waals surface area contributed by atoms with Gasteiger partial charge in [-0.2, -0.15) is 10.1 Å². The van der Waals surface area contributed by atoms with Crippen molar-refractivity contribution in [3.8, 4) is 0 Å². The summed E-state index contributed by atoms with van der Waals surface area (Å²) in [5, 5.41) is 4.95. The molecule has 3 aromatic rings. The summed E-state index contributed by atoms with van der Waals surface area (Å²) in [4.78, 5) is 18.8. The van der Waals surface area contributed by atoms with E-state index >= 15 is 0 Å². The normalized spacial score (nSPS) is 18.8. The number of carbonyl (C=O) groups is 1. The van der Waals surface area contributed by atoms with Gasteiger partial charge in [0.05, 0.1) is 12.1 Å². The van der Waals surface area contributed by atoms with Gasteiger partial charge in [0.2, 0.25) is 5.95 Å². The van der Waals surface area contributed by atoms with E-state index in [4.69, 9.17) is 16.3 Å². The van der Waals surface area contributed by atoms with Crippen LogP contribution in [0.15, 0.2) is 54.9 Å². The highest BCUT2D eigenvalue weighted by molar-refractivity contribution is 6.30. The van der Waals surface area contributed by atoms with E-state index in [9.17, 15) is 9.18 Å². The molecule has 1 aliphatic rings. The summed E-state index contributed by atoms with van der Waals surface area (Å²) in [6.07, 6.45) is 1.97. The van der Waals surface area contributed by atoms with Gasteiger partial charge in [-0.1, -0.05) is 35.9 Å². The fraction of sp³-hybridized carbons (Fsp3) is 0.250. The van der Waals surface area contributed by atoms with Gasteiger partial charge in [-0.3, -0.25) is 9.69 Å². The molecule has 0 saturated carbocycles. The number of hydrogen-bond acceptors (Lipinski definition) is 4. The molecule has 2 atom stereocenters. The SMILES string of the molecule is COCC(=O)N1c2ncnn2C(c2ccc(F)cc2)CC1c1ccc(Cl)cc1. The van der Waals surface area contributed by atoms with Crippen molar-refractivity contribution in [2.45, 2.75) is 18.5 Å². The van der Waals surface area contributed by atoms with Gasteiger partial charge in [-0.05, 0) is 41.8 Å². The molecule has 0 bridgehead atoms. The Morgan fingerprint density at radius 1 is 1.14 bits per heavy atom. The predicted molar refractivity (Wildman–Crippen MR) is 103 cm³/mol. The van der Waals surface area contributed by atoms with Crippen LogP contribution in [0.3, 0.4) is 0 Å². The van der Waals surface area contributed by atoms with Gasteiger partial charge in [0, 0.05) is 12.1 Å². The number of carbonyl (C=O) groups excluding carboxylic acids is 1. The van der Waals surface area contributed by atoms with Crippen LogP contribution in [0.1, 0.15) is 29.6 Å². The Labute approximate surface area is 166 Å². The number of aromatic nitrogens is 3. The number of halogens is 2. The lowest BCUT2D eigenvalue weighted by Crippen LogP contribution is -2.44. The Hall–Kier alpha value is -2.77. The second kappa shape index (κ2) is 7.69. The van der Waals surface area contributed by atoms with Gasteiger partial charge in [0.25, 0.3) is 5.91 Å². The second-order valence-electron chi connectivity index (χ2n) is 6.57. The van der Waals surface area contributed by atoms with Gasteiger partial charge in [0.15, 0.2) is 0 Å². The fourth-order valence-corrected chi connectivity index (χ4v) is 3.73. The van der Waals surface area contributed by atoms with Crippen LogP contribution in [0.2, 0.25) is 5.02 Å². The summed E-state index contributed by atoms with van der Waals surface area (Å²) >= 11 is 6.04. The predicted octanol–water partition coefficient (Wildman–Crippen LogP) is 3.78. The smallest absolute Gasteiger partial charge is 0.255 e. The van der Waals surface area contributed by atoms with Gasteiger partial charge >= 0.3 is 0 Å². The first kappa shape index (κ1) is 18.6. The maximum Gasteiger partial charge on any atom is 0.255 e. The van der Waals surface area contributed by atoms with E-state index in [0.29, 0.717) is 17.4 Å². The lowest BCUT2D eigenvalue weighted by molar-refractivity contribution is -0.123. The lowest BCUT2D eigenvalue weighted by atomic mass is 9.92. The average Bonchev–Trinajstić information content (AvgIpc) is 3.18. The van der Waals surface area contributed by atoms with Crippen molar-refractivity contribution in [1.29, 1.82) is 0 Å². The van der Waals surface area contributed by atoms with Gasteiger partial charge in [-0.15, -0.1) is 0 Å².